The van der Waals surface area contributed by atoms with Crippen molar-refractivity contribution in [1.82, 2.24) is 10.7 Å². The highest BCUT2D eigenvalue weighted by Gasteiger charge is 2.03. The van der Waals surface area contributed by atoms with Crippen molar-refractivity contribution in [3.63, 3.8) is 0 Å². The van der Waals surface area contributed by atoms with Crippen LogP contribution >= 0.6 is 12.2 Å². The van der Waals surface area contributed by atoms with E-state index in [0.717, 1.165) is 5.56 Å². The molecule has 5 nitrogen and oxygen atoms in total. The third-order valence-corrected chi connectivity index (χ3v) is 2.35. The number of thiocarbonyl (C=S) groups is 1. The Balaban J connectivity index is 2.51. The highest BCUT2D eigenvalue weighted by Crippen LogP contribution is 2.03. The average Bonchev–Trinajstić information content (AvgIpc) is 2.45. The molecule has 6 heteroatoms. The summed E-state index contributed by atoms with van der Waals surface area (Å²) in [5.74, 6) is -0.364. The van der Waals surface area contributed by atoms with Crippen molar-refractivity contribution in [2.75, 3.05) is 13.7 Å². The van der Waals surface area contributed by atoms with Gasteiger partial charge in [0.25, 0.3) is 0 Å². The molecule has 1 rings (SSSR count). The third-order valence-electron chi connectivity index (χ3n) is 2.12. The number of carbonyl (C=O) groups is 1. The normalized spacial score (nSPS) is 9.95. The van der Waals surface area contributed by atoms with Crippen LogP contribution < -0.4 is 10.7 Å². The molecule has 0 atom stereocenters. The zero-order valence-electron chi connectivity index (χ0n) is 10.6. The van der Waals surface area contributed by atoms with Gasteiger partial charge in [-0.3, -0.25) is 5.43 Å². The smallest absolute Gasteiger partial charge is 0.337 e. The molecule has 0 aromatic heterocycles. The van der Waals surface area contributed by atoms with Crippen molar-refractivity contribution in [3.05, 3.63) is 48.0 Å². The molecule has 0 unspecified atom stereocenters. The van der Waals surface area contributed by atoms with Gasteiger partial charge in [0.2, 0.25) is 0 Å². The molecule has 1 aromatic rings. The molecule has 0 heterocycles. The van der Waals surface area contributed by atoms with Crippen LogP contribution in [0.2, 0.25) is 0 Å². The predicted molar refractivity (Wildman–Crippen MR) is 79.3 cm³/mol. The van der Waals surface area contributed by atoms with Crippen LogP contribution in [0.15, 0.2) is 42.0 Å². The number of nitrogens with one attached hydrogen (secondary N) is 2. The molecule has 100 valence electrons. The quantitative estimate of drug-likeness (QED) is 0.280. The molecule has 19 heavy (non-hydrogen) atoms. The molecule has 0 aliphatic rings. The van der Waals surface area contributed by atoms with Gasteiger partial charge in [0, 0.05) is 6.54 Å². The van der Waals surface area contributed by atoms with Gasteiger partial charge in [-0.25, -0.2) is 4.79 Å². The first kappa shape index (κ1) is 14.8. The van der Waals surface area contributed by atoms with Gasteiger partial charge >= 0.3 is 5.97 Å². The fourth-order valence-electron chi connectivity index (χ4n) is 1.19. The van der Waals surface area contributed by atoms with Crippen molar-refractivity contribution in [2.24, 2.45) is 5.10 Å². The Morgan fingerprint density at radius 2 is 2.16 bits per heavy atom. The first-order chi connectivity index (χ1) is 9.17. The molecule has 0 saturated carbocycles. The third kappa shape index (κ3) is 5.31. The first-order valence-corrected chi connectivity index (χ1v) is 5.94. The zero-order chi connectivity index (χ0) is 14.1. The number of nitrogens with zero attached hydrogens (tertiary/aromatic N) is 1. The Morgan fingerprint density at radius 1 is 1.47 bits per heavy atom. The molecule has 0 aliphatic carbocycles. The zero-order valence-corrected chi connectivity index (χ0v) is 11.4. The summed E-state index contributed by atoms with van der Waals surface area (Å²) in [6.07, 6.45) is 3.30. The van der Waals surface area contributed by atoms with E-state index in [1.54, 1.807) is 36.6 Å². The molecule has 0 radical (unpaired) electrons. The summed E-state index contributed by atoms with van der Waals surface area (Å²) in [5.41, 5.74) is 4.00. The van der Waals surface area contributed by atoms with Gasteiger partial charge in [-0.05, 0) is 29.9 Å². The standard InChI is InChI=1S/C13H15N3O2S/c1-3-8-14-13(19)16-15-9-10-4-6-11(7-5-10)12(17)18-2/h3-7,9H,1,8H2,2H3,(H2,14,16,19). The summed E-state index contributed by atoms with van der Waals surface area (Å²) in [7, 11) is 1.35. The number of rotatable bonds is 5. The second-order valence-electron chi connectivity index (χ2n) is 3.48. The number of carbonyl (C=O) groups excluding carboxylic acids is 1. The van der Waals surface area contributed by atoms with E-state index in [2.05, 4.69) is 27.2 Å². The van der Waals surface area contributed by atoms with E-state index < -0.39 is 0 Å². The Labute approximate surface area is 117 Å². The maximum atomic E-state index is 11.2. The molecular formula is C13H15N3O2S. The number of ether oxygens (including phenoxy) is 1. The van der Waals surface area contributed by atoms with Crippen LogP contribution in [0.3, 0.4) is 0 Å². The lowest BCUT2D eigenvalue weighted by Gasteiger charge is -2.03. The second kappa shape index (κ2) is 7.99. The highest BCUT2D eigenvalue weighted by atomic mass is 32.1. The molecule has 1 aromatic carbocycles. The van der Waals surface area contributed by atoms with Crippen molar-refractivity contribution < 1.29 is 9.53 Å². The molecule has 0 spiro atoms. The van der Waals surface area contributed by atoms with E-state index in [-0.39, 0.29) is 5.97 Å². The van der Waals surface area contributed by atoms with Gasteiger partial charge in [0.15, 0.2) is 5.11 Å². The van der Waals surface area contributed by atoms with Crippen molar-refractivity contribution in [1.29, 1.82) is 0 Å². The Bertz CT molecular complexity index is 483. The van der Waals surface area contributed by atoms with Gasteiger partial charge in [0.1, 0.15) is 0 Å². The summed E-state index contributed by atoms with van der Waals surface area (Å²) < 4.78 is 4.61. The van der Waals surface area contributed by atoms with Crippen LogP contribution in [0.4, 0.5) is 0 Å². The summed E-state index contributed by atoms with van der Waals surface area (Å²) in [6.45, 7) is 4.14. The van der Waals surface area contributed by atoms with Crippen LogP contribution in [-0.4, -0.2) is 31.0 Å². The van der Waals surface area contributed by atoms with E-state index >= 15 is 0 Å². The van der Waals surface area contributed by atoms with Gasteiger partial charge in [-0.1, -0.05) is 18.2 Å². The summed E-state index contributed by atoms with van der Waals surface area (Å²) in [4.78, 5) is 11.2. The van der Waals surface area contributed by atoms with E-state index in [0.29, 0.717) is 17.2 Å². The van der Waals surface area contributed by atoms with Crippen molar-refractivity contribution >= 4 is 29.5 Å². The Hall–Kier alpha value is -2.21. The van der Waals surface area contributed by atoms with Crippen LogP contribution in [-0.2, 0) is 4.74 Å². The average molecular weight is 277 g/mol. The first-order valence-electron chi connectivity index (χ1n) is 5.53. The van der Waals surface area contributed by atoms with Gasteiger partial charge in [0.05, 0.1) is 18.9 Å². The molecule has 0 aliphatic heterocycles. The van der Waals surface area contributed by atoms with Crippen LogP contribution in [0.25, 0.3) is 0 Å². The molecular weight excluding hydrogens is 262 g/mol. The summed E-state index contributed by atoms with van der Waals surface area (Å²) in [6, 6.07) is 6.86. The number of hydrogen-bond acceptors (Lipinski definition) is 4. The molecule has 0 saturated heterocycles. The minimum Gasteiger partial charge on any atom is -0.465 e. The fraction of sp³-hybridized carbons (Fsp3) is 0.154. The van der Waals surface area contributed by atoms with Gasteiger partial charge < -0.3 is 10.1 Å². The second-order valence-corrected chi connectivity index (χ2v) is 3.89. The minimum absolute atomic E-state index is 0.364. The van der Waals surface area contributed by atoms with Gasteiger partial charge in [-0.2, -0.15) is 5.10 Å². The number of methoxy groups -OCH3 is 1. The number of benzene rings is 1. The molecule has 0 fully saturated rings. The molecule has 0 amide bonds. The van der Waals surface area contributed by atoms with E-state index in [1.165, 1.54) is 7.11 Å². The molecule has 2 N–H and O–H groups in total. The van der Waals surface area contributed by atoms with Crippen LogP contribution in [0, 0.1) is 0 Å². The fourth-order valence-corrected chi connectivity index (χ4v) is 1.33. The van der Waals surface area contributed by atoms with Gasteiger partial charge in [-0.15, -0.1) is 6.58 Å². The van der Waals surface area contributed by atoms with E-state index in [1.807, 2.05) is 0 Å². The van der Waals surface area contributed by atoms with Crippen LogP contribution in [0.1, 0.15) is 15.9 Å². The SMILES string of the molecule is C=CCNC(=S)NN=Cc1ccc(C(=O)OC)cc1. The predicted octanol–water partition coefficient (Wildman–Crippen LogP) is 1.46. The van der Waals surface area contributed by atoms with E-state index in [9.17, 15) is 4.79 Å². The highest BCUT2D eigenvalue weighted by molar-refractivity contribution is 7.80. The summed E-state index contributed by atoms with van der Waals surface area (Å²) >= 11 is 4.96. The lowest BCUT2D eigenvalue weighted by molar-refractivity contribution is 0.0601. The largest absolute Gasteiger partial charge is 0.465 e. The monoisotopic (exact) mass is 277 g/mol. The number of hydrogen-bond donors (Lipinski definition) is 2. The van der Waals surface area contributed by atoms with E-state index in [4.69, 9.17) is 12.2 Å². The van der Waals surface area contributed by atoms with Crippen molar-refractivity contribution in [2.45, 2.75) is 0 Å². The van der Waals surface area contributed by atoms with Crippen LogP contribution in [0.5, 0.6) is 0 Å². The lowest BCUT2D eigenvalue weighted by Crippen LogP contribution is -2.31. The maximum absolute atomic E-state index is 11.2. The topological polar surface area (TPSA) is 62.7 Å². The number of esters is 1. The number of hydrazone groups is 1. The van der Waals surface area contributed by atoms with Crippen molar-refractivity contribution in [3.8, 4) is 0 Å². The Morgan fingerprint density at radius 3 is 2.74 bits per heavy atom. The maximum Gasteiger partial charge on any atom is 0.337 e. The summed E-state index contributed by atoms with van der Waals surface area (Å²) in [5, 5.41) is 7.26. The lowest BCUT2D eigenvalue weighted by atomic mass is 10.1. The Kier molecular flexibility index (Phi) is 6.25. The minimum atomic E-state index is -0.364. The molecule has 0 bridgehead atoms.